The minimum atomic E-state index is -0.563. The van der Waals surface area contributed by atoms with Crippen molar-refractivity contribution in [1.29, 1.82) is 0 Å². The first-order valence-electron chi connectivity index (χ1n) is 5.11. The Labute approximate surface area is 104 Å². The van der Waals surface area contributed by atoms with Crippen LogP contribution < -0.4 is 10.5 Å². The van der Waals surface area contributed by atoms with Gasteiger partial charge in [-0.15, -0.1) is 0 Å². The van der Waals surface area contributed by atoms with Crippen molar-refractivity contribution in [1.82, 2.24) is 0 Å². The van der Waals surface area contributed by atoms with E-state index in [1.807, 2.05) is 6.07 Å². The summed E-state index contributed by atoms with van der Waals surface area (Å²) >= 11 is 5.66. The molecule has 0 aliphatic heterocycles. The minimum Gasteiger partial charge on any atom is -0.454 e. The average molecular weight is 252 g/mol. The van der Waals surface area contributed by atoms with Gasteiger partial charge in [-0.3, -0.25) is 0 Å². The smallest absolute Gasteiger partial charge is 0.184 e. The predicted molar refractivity (Wildman–Crippen MR) is 65.8 cm³/mol. The summed E-state index contributed by atoms with van der Waals surface area (Å²) in [5.41, 5.74) is 6.44. The summed E-state index contributed by atoms with van der Waals surface area (Å²) in [4.78, 5) is 0. The highest BCUT2D eigenvalue weighted by Crippen LogP contribution is 2.28. The number of hydrogen-bond acceptors (Lipinski definition) is 2. The molecule has 2 rings (SSSR count). The lowest BCUT2D eigenvalue weighted by molar-refractivity contribution is 0.442. The highest BCUT2D eigenvalue weighted by atomic mass is 35.5. The van der Waals surface area contributed by atoms with Gasteiger partial charge in [-0.25, -0.2) is 4.39 Å². The van der Waals surface area contributed by atoms with Crippen LogP contribution in [0.2, 0.25) is 5.02 Å². The largest absolute Gasteiger partial charge is 0.454 e. The molecule has 0 fully saturated rings. The third-order valence-corrected chi connectivity index (χ3v) is 2.57. The van der Waals surface area contributed by atoms with E-state index in [9.17, 15) is 4.39 Å². The summed E-state index contributed by atoms with van der Waals surface area (Å²) in [5, 5.41) is 0.0393. The highest BCUT2D eigenvalue weighted by molar-refractivity contribution is 6.30. The molecule has 2 aromatic rings. The Balaban J connectivity index is 2.28. The molecule has 0 radical (unpaired) electrons. The van der Waals surface area contributed by atoms with Gasteiger partial charge in [0, 0.05) is 6.54 Å². The van der Waals surface area contributed by atoms with Gasteiger partial charge in [-0.05, 0) is 29.8 Å². The molecule has 0 spiro atoms. The normalized spacial score (nSPS) is 10.3. The maximum absolute atomic E-state index is 13.6. The fraction of sp³-hybridized carbons (Fsp3) is 0.0769. The Kier molecular flexibility index (Phi) is 3.61. The first-order valence-corrected chi connectivity index (χ1v) is 5.49. The fourth-order valence-corrected chi connectivity index (χ4v) is 1.59. The number of halogens is 2. The summed E-state index contributed by atoms with van der Waals surface area (Å²) in [6.45, 7) is 0.412. The van der Waals surface area contributed by atoms with Gasteiger partial charge in [-0.1, -0.05) is 29.8 Å². The first-order chi connectivity index (χ1) is 8.20. The molecule has 0 saturated carbocycles. The van der Waals surface area contributed by atoms with E-state index >= 15 is 0 Å². The minimum absolute atomic E-state index is 0.0393. The van der Waals surface area contributed by atoms with E-state index in [-0.39, 0.29) is 10.8 Å². The molecule has 0 atom stereocenters. The van der Waals surface area contributed by atoms with Crippen LogP contribution in [-0.4, -0.2) is 0 Å². The summed E-state index contributed by atoms with van der Waals surface area (Å²) in [7, 11) is 0. The average Bonchev–Trinajstić information content (AvgIpc) is 2.35. The Bertz CT molecular complexity index is 531. The maximum atomic E-state index is 13.6. The SMILES string of the molecule is NCc1cccc(Oc2cccc(Cl)c2F)c1. The lowest BCUT2D eigenvalue weighted by Gasteiger charge is -2.08. The van der Waals surface area contributed by atoms with Crippen LogP contribution in [0.3, 0.4) is 0 Å². The predicted octanol–water partition coefficient (Wildman–Crippen LogP) is 3.73. The highest BCUT2D eigenvalue weighted by Gasteiger charge is 2.08. The summed E-state index contributed by atoms with van der Waals surface area (Å²) in [6, 6.07) is 11.8. The van der Waals surface area contributed by atoms with Crippen molar-refractivity contribution in [3.63, 3.8) is 0 Å². The molecule has 2 N–H and O–H groups in total. The summed E-state index contributed by atoms with van der Waals surface area (Å²) in [5.74, 6) is 0.0770. The number of ether oxygens (including phenoxy) is 1. The van der Waals surface area contributed by atoms with Gasteiger partial charge < -0.3 is 10.5 Å². The summed E-state index contributed by atoms with van der Waals surface area (Å²) in [6.07, 6.45) is 0. The van der Waals surface area contributed by atoms with Gasteiger partial charge in [-0.2, -0.15) is 0 Å². The van der Waals surface area contributed by atoms with Crippen LogP contribution in [0.15, 0.2) is 42.5 Å². The van der Waals surface area contributed by atoms with Crippen molar-refractivity contribution in [3.05, 3.63) is 58.9 Å². The molecule has 0 aliphatic rings. The molecule has 2 aromatic carbocycles. The molecule has 0 aromatic heterocycles. The number of hydrogen-bond donors (Lipinski definition) is 1. The number of rotatable bonds is 3. The van der Waals surface area contributed by atoms with Gasteiger partial charge >= 0.3 is 0 Å². The third-order valence-electron chi connectivity index (χ3n) is 2.28. The monoisotopic (exact) mass is 251 g/mol. The molecule has 0 saturated heterocycles. The van der Waals surface area contributed by atoms with E-state index in [0.29, 0.717) is 12.3 Å². The van der Waals surface area contributed by atoms with Crippen LogP contribution in [0.4, 0.5) is 4.39 Å². The zero-order chi connectivity index (χ0) is 12.3. The van der Waals surface area contributed by atoms with Crippen LogP contribution in [0, 0.1) is 5.82 Å². The van der Waals surface area contributed by atoms with Crippen LogP contribution >= 0.6 is 11.6 Å². The van der Waals surface area contributed by atoms with E-state index in [4.69, 9.17) is 22.1 Å². The number of nitrogens with two attached hydrogens (primary N) is 1. The molecular formula is C13H11ClFNO. The van der Waals surface area contributed by atoms with Crippen molar-refractivity contribution < 1.29 is 9.13 Å². The molecule has 88 valence electrons. The lowest BCUT2D eigenvalue weighted by Crippen LogP contribution is -1.96. The Morgan fingerprint density at radius 1 is 1.18 bits per heavy atom. The van der Waals surface area contributed by atoms with Gasteiger partial charge in [0.15, 0.2) is 11.6 Å². The maximum Gasteiger partial charge on any atom is 0.184 e. The molecule has 2 nitrogen and oxygen atoms in total. The van der Waals surface area contributed by atoms with E-state index in [2.05, 4.69) is 0 Å². The van der Waals surface area contributed by atoms with Gasteiger partial charge in [0.25, 0.3) is 0 Å². The Morgan fingerprint density at radius 3 is 2.71 bits per heavy atom. The lowest BCUT2D eigenvalue weighted by atomic mass is 10.2. The topological polar surface area (TPSA) is 35.2 Å². The van der Waals surface area contributed by atoms with E-state index in [1.165, 1.54) is 12.1 Å². The molecule has 0 bridgehead atoms. The standard InChI is InChI=1S/C13H11ClFNO/c14-11-5-2-6-12(13(11)15)17-10-4-1-3-9(7-10)8-16/h1-7H,8,16H2. The molecule has 0 amide bonds. The van der Waals surface area contributed by atoms with Crippen molar-refractivity contribution in [2.75, 3.05) is 0 Å². The fourth-order valence-electron chi connectivity index (χ4n) is 1.43. The second-order valence-electron chi connectivity index (χ2n) is 3.51. The Hall–Kier alpha value is -1.58. The van der Waals surface area contributed by atoms with Crippen molar-refractivity contribution in [2.45, 2.75) is 6.54 Å². The van der Waals surface area contributed by atoms with E-state index in [0.717, 1.165) is 5.56 Å². The zero-order valence-electron chi connectivity index (χ0n) is 8.99. The van der Waals surface area contributed by atoms with E-state index in [1.54, 1.807) is 24.3 Å². The second-order valence-corrected chi connectivity index (χ2v) is 3.91. The molecule has 0 heterocycles. The van der Waals surface area contributed by atoms with Gasteiger partial charge in [0.05, 0.1) is 5.02 Å². The van der Waals surface area contributed by atoms with Crippen molar-refractivity contribution >= 4 is 11.6 Å². The third kappa shape index (κ3) is 2.75. The molecule has 0 aliphatic carbocycles. The molecule has 17 heavy (non-hydrogen) atoms. The molecule has 4 heteroatoms. The first kappa shape index (κ1) is 11.9. The van der Waals surface area contributed by atoms with Crippen LogP contribution in [0.25, 0.3) is 0 Å². The quantitative estimate of drug-likeness (QED) is 0.902. The van der Waals surface area contributed by atoms with Crippen molar-refractivity contribution in [2.24, 2.45) is 5.73 Å². The number of benzene rings is 2. The van der Waals surface area contributed by atoms with Crippen molar-refractivity contribution in [3.8, 4) is 11.5 Å². The van der Waals surface area contributed by atoms with Crippen LogP contribution in [-0.2, 0) is 6.54 Å². The Morgan fingerprint density at radius 2 is 1.94 bits per heavy atom. The van der Waals surface area contributed by atoms with Gasteiger partial charge in [0.1, 0.15) is 5.75 Å². The van der Waals surface area contributed by atoms with Gasteiger partial charge in [0.2, 0.25) is 0 Å². The summed E-state index contributed by atoms with van der Waals surface area (Å²) < 4.78 is 19.0. The molecular weight excluding hydrogens is 241 g/mol. The van der Waals surface area contributed by atoms with E-state index < -0.39 is 5.82 Å². The molecule has 0 unspecified atom stereocenters. The van der Waals surface area contributed by atoms with Crippen LogP contribution in [0.1, 0.15) is 5.56 Å². The second kappa shape index (κ2) is 5.17. The van der Waals surface area contributed by atoms with Crippen LogP contribution in [0.5, 0.6) is 11.5 Å². The zero-order valence-corrected chi connectivity index (χ0v) is 9.75.